The smallest absolute Gasteiger partial charge is 0.271 e. The highest BCUT2D eigenvalue weighted by Crippen LogP contribution is 2.31. The van der Waals surface area contributed by atoms with Crippen molar-refractivity contribution in [2.75, 3.05) is 7.05 Å². The van der Waals surface area contributed by atoms with E-state index >= 15 is 0 Å². The average molecular weight is 377 g/mol. The molecule has 3 aromatic rings. The Balaban J connectivity index is 2.09. The first-order valence-corrected chi connectivity index (χ1v) is 8.55. The van der Waals surface area contributed by atoms with Crippen LogP contribution in [0.15, 0.2) is 52.5 Å². The number of carbonyl (C=O) groups excluding carboxylic acids is 1. The van der Waals surface area contributed by atoms with Gasteiger partial charge in [-0.3, -0.25) is 4.79 Å². The van der Waals surface area contributed by atoms with Gasteiger partial charge in [0, 0.05) is 24.2 Å². The lowest BCUT2D eigenvalue weighted by Crippen LogP contribution is -2.18. The third-order valence-electron chi connectivity index (χ3n) is 3.46. The molecular weight excluding hydrogens is 363 g/mol. The first-order valence-electron chi connectivity index (χ1n) is 7.36. The molecule has 0 aliphatic heterocycles. The molecule has 3 rings (SSSR count). The van der Waals surface area contributed by atoms with Gasteiger partial charge in [0.05, 0.1) is 5.69 Å². The van der Waals surface area contributed by atoms with Crippen LogP contribution in [0.3, 0.4) is 0 Å². The van der Waals surface area contributed by atoms with Gasteiger partial charge in [0.25, 0.3) is 5.91 Å². The predicted molar refractivity (Wildman–Crippen MR) is 95.0 cm³/mol. The number of hydrogen-bond donors (Lipinski definition) is 1. The van der Waals surface area contributed by atoms with Crippen LogP contribution in [0.4, 0.5) is 4.39 Å². The molecule has 25 heavy (non-hydrogen) atoms. The predicted octanol–water partition coefficient (Wildman–Crippen LogP) is 3.88. The Morgan fingerprint density at radius 1 is 1.28 bits per heavy atom. The maximum atomic E-state index is 13.7. The van der Waals surface area contributed by atoms with E-state index in [0.717, 1.165) is 10.5 Å². The summed E-state index contributed by atoms with van der Waals surface area (Å²) in [5.41, 5.74) is 1.65. The first-order chi connectivity index (χ1) is 12.0. The SMILES string of the molecule is CNC(=O)c1cc(Sc2ccc(Cl)nc2)n(-c2cc(F)ccc2C)n1. The number of nitrogens with zero attached hydrogens (tertiary/aromatic N) is 3. The van der Waals surface area contributed by atoms with Crippen LogP contribution in [0.1, 0.15) is 16.1 Å². The fraction of sp³-hybridized carbons (Fsp3) is 0.118. The molecular formula is C17H14ClFN4OS. The van der Waals surface area contributed by atoms with Crippen LogP contribution >= 0.6 is 23.4 Å². The molecule has 0 radical (unpaired) electrons. The fourth-order valence-corrected chi connectivity index (χ4v) is 3.19. The Morgan fingerprint density at radius 3 is 2.76 bits per heavy atom. The summed E-state index contributed by atoms with van der Waals surface area (Å²) in [6.45, 7) is 1.86. The maximum Gasteiger partial charge on any atom is 0.271 e. The maximum absolute atomic E-state index is 13.7. The van der Waals surface area contributed by atoms with Crippen molar-refractivity contribution in [3.8, 4) is 5.69 Å². The van der Waals surface area contributed by atoms with Crippen molar-refractivity contribution in [3.63, 3.8) is 0 Å². The number of rotatable bonds is 4. The monoisotopic (exact) mass is 376 g/mol. The van der Waals surface area contributed by atoms with E-state index in [0.29, 0.717) is 15.9 Å². The molecule has 0 atom stereocenters. The Kier molecular flexibility index (Phi) is 5.06. The van der Waals surface area contributed by atoms with E-state index in [9.17, 15) is 9.18 Å². The third kappa shape index (κ3) is 3.83. The molecule has 0 fully saturated rings. The van der Waals surface area contributed by atoms with Crippen LogP contribution in [0.25, 0.3) is 5.69 Å². The van der Waals surface area contributed by atoms with Gasteiger partial charge in [-0.1, -0.05) is 29.4 Å². The van der Waals surface area contributed by atoms with Crippen molar-refractivity contribution >= 4 is 29.3 Å². The number of pyridine rings is 1. The van der Waals surface area contributed by atoms with Gasteiger partial charge in [-0.2, -0.15) is 5.10 Å². The topological polar surface area (TPSA) is 59.8 Å². The number of hydrogen-bond acceptors (Lipinski definition) is 4. The quantitative estimate of drug-likeness (QED) is 0.702. The Morgan fingerprint density at radius 2 is 2.08 bits per heavy atom. The lowest BCUT2D eigenvalue weighted by atomic mass is 10.2. The van der Waals surface area contributed by atoms with Crippen molar-refractivity contribution in [2.45, 2.75) is 16.8 Å². The van der Waals surface area contributed by atoms with Crippen molar-refractivity contribution in [2.24, 2.45) is 0 Å². The van der Waals surface area contributed by atoms with E-state index in [1.54, 1.807) is 29.1 Å². The molecule has 0 bridgehead atoms. The number of amides is 1. The van der Waals surface area contributed by atoms with Gasteiger partial charge < -0.3 is 5.32 Å². The highest BCUT2D eigenvalue weighted by molar-refractivity contribution is 7.99. The molecule has 0 unspecified atom stereocenters. The molecule has 128 valence electrons. The van der Waals surface area contributed by atoms with E-state index < -0.39 is 0 Å². The fourth-order valence-electron chi connectivity index (χ4n) is 2.20. The largest absolute Gasteiger partial charge is 0.354 e. The molecule has 0 spiro atoms. The summed E-state index contributed by atoms with van der Waals surface area (Å²) in [4.78, 5) is 16.8. The summed E-state index contributed by atoms with van der Waals surface area (Å²) < 4.78 is 15.3. The van der Waals surface area contributed by atoms with Gasteiger partial charge >= 0.3 is 0 Å². The lowest BCUT2D eigenvalue weighted by Gasteiger charge is -2.10. The van der Waals surface area contributed by atoms with Crippen LogP contribution in [0.5, 0.6) is 0 Å². The van der Waals surface area contributed by atoms with E-state index in [4.69, 9.17) is 11.6 Å². The van der Waals surface area contributed by atoms with E-state index in [1.165, 1.54) is 30.9 Å². The zero-order valence-electron chi connectivity index (χ0n) is 13.5. The van der Waals surface area contributed by atoms with Gasteiger partial charge in [-0.05, 0) is 36.8 Å². The zero-order valence-corrected chi connectivity index (χ0v) is 15.0. The van der Waals surface area contributed by atoms with Crippen molar-refractivity contribution < 1.29 is 9.18 Å². The molecule has 0 aliphatic rings. The highest BCUT2D eigenvalue weighted by atomic mass is 35.5. The number of aryl methyl sites for hydroxylation is 1. The van der Waals surface area contributed by atoms with E-state index in [2.05, 4.69) is 15.4 Å². The van der Waals surface area contributed by atoms with Gasteiger partial charge in [0.1, 0.15) is 16.0 Å². The van der Waals surface area contributed by atoms with Crippen molar-refractivity contribution in [1.82, 2.24) is 20.1 Å². The second-order valence-corrected chi connectivity index (χ2v) is 6.69. The Bertz CT molecular complexity index is 927. The molecule has 1 N–H and O–H groups in total. The van der Waals surface area contributed by atoms with Gasteiger partial charge in [-0.15, -0.1) is 0 Å². The third-order valence-corrected chi connectivity index (χ3v) is 4.66. The summed E-state index contributed by atoms with van der Waals surface area (Å²) in [5, 5.41) is 7.94. The normalized spacial score (nSPS) is 10.7. The Hall–Kier alpha value is -2.38. The molecule has 5 nitrogen and oxygen atoms in total. The number of aromatic nitrogens is 3. The van der Waals surface area contributed by atoms with Crippen LogP contribution in [-0.2, 0) is 0 Å². The second kappa shape index (κ2) is 7.25. The van der Waals surface area contributed by atoms with Crippen molar-refractivity contribution in [1.29, 1.82) is 0 Å². The summed E-state index contributed by atoms with van der Waals surface area (Å²) >= 11 is 7.17. The molecule has 2 heterocycles. The van der Waals surface area contributed by atoms with Gasteiger partial charge in [0.2, 0.25) is 0 Å². The summed E-state index contributed by atoms with van der Waals surface area (Å²) in [6.07, 6.45) is 1.63. The number of halogens is 2. The molecule has 0 saturated heterocycles. The summed E-state index contributed by atoms with van der Waals surface area (Å²) in [6, 6.07) is 9.59. The van der Waals surface area contributed by atoms with Crippen LogP contribution in [0.2, 0.25) is 5.15 Å². The minimum atomic E-state index is -0.373. The molecule has 0 saturated carbocycles. The molecule has 0 aliphatic carbocycles. The van der Waals surface area contributed by atoms with E-state index in [1.807, 2.05) is 13.0 Å². The zero-order chi connectivity index (χ0) is 18.0. The summed E-state index contributed by atoms with van der Waals surface area (Å²) in [5.74, 6) is -0.689. The van der Waals surface area contributed by atoms with E-state index in [-0.39, 0.29) is 17.4 Å². The van der Waals surface area contributed by atoms with Crippen LogP contribution in [0, 0.1) is 12.7 Å². The van der Waals surface area contributed by atoms with Crippen LogP contribution in [-0.4, -0.2) is 27.7 Å². The molecule has 2 aromatic heterocycles. The number of nitrogens with one attached hydrogen (secondary N) is 1. The highest BCUT2D eigenvalue weighted by Gasteiger charge is 2.17. The average Bonchev–Trinajstić information content (AvgIpc) is 3.02. The molecule has 1 amide bonds. The van der Waals surface area contributed by atoms with Gasteiger partial charge in [0.15, 0.2) is 5.69 Å². The minimum Gasteiger partial charge on any atom is -0.354 e. The van der Waals surface area contributed by atoms with Crippen molar-refractivity contribution in [3.05, 3.63) is 64.8 Å². The molecule has 1 aromatic carbocycles. The molecule has 8 heteroatoms. The minimum absolute atomic E-state index is 0.246. The number of carbonyl (C=O) groups is 1. The standard InChI is InChI=1S/C17H14ClFN4OS/c1-10-3-4-11(19)7-14(10)23-16(8-13(22-23)17(24)20-2)25-12-5-6-15(18)21-9-12/h3-9H,1-2H3,(H,20,24). The van der Waals surface area contributed by atoms with Gasteiger partial charge in [-0.25, -0.2) is 14.1 Å². The lowest BCUT2D eigenvalue weighted by molar-refractivity contribution is 0.0957. The Labute approximate surface area is 153 Å². The number of benzene rings is 1. The van der Waals surface area contributed by atoms with Crippen LogP contribution < -0.4 is 5.32 Å². The second-order valence-electron chi connectivity index (χ2n) is 5.21. The summed E-state index contributed by atoms with van der Waals surface area (Å²) in [7, 11) is 1.53. The first kappa shape index (κ1) is 17.4.